The van der Waals surface area contributed by atoms with Gasteiger partial charge in [-0.2, -0.15) is 13.2 Å². The third-order valence-corrected chi connectivity index (χ3v) is 8.36. The topological polar surface area (TPSA) is 125 Å². The highest BCUT2D eigenvalue weighted by Gasteiger charge is 2.33. The number of anilines is 1. The Bertz CT molecular complexity index is 1750. The van der Waals surface area contributed by atoms with Crippen LogP contribution in [0.25, 0.3) is 10.6 Å². The quantitative estimate of drug-likeness (QED) is 0.213. The molecule has 0 unspecified atom stereocenters. The molecule has 41 heavy (non-hydrogen) atoms. The number of aromatic nitrogens is 1. The zero-order valence-electron chi connectivity index (χ0n) is 20.7. The lowest BCUT2D eigenvalue weighted by molar-refractivity contribution is -0.138. The zero-order valence-corrected chi connectivity index (χ0v) is 23.9. The number of halogens is 5. The predicted octanol–water partition coefficient (Wildman–Crippen LogP) is 6.43. The van der Waals surface area contributed by atoms with E-state index in [1.807, 2.05) is 0 Å². The number of phenolic OH excluding ortho intramolecular Hbond substituents is 1. The van der Waals surface area contributed by atoms with Crippen molar-refractivity contribution in [2.75, 3.05) is 11.6 Å². The van der Waals surface area contributed by atoms with E-state index in [0.717, 1.165) is 35.8 Å². The number of benzene rings is 3. The largest absolute Gasteiger partial charge is 0.505 e. The fourth-order valence-corrected chi connectivity index (χ4v) is 6.16. The van der Waals surface area contributed by atoms with Crippen molar-refractivity contribution in [1.29, 1.82) is 0 Å². The summed E-state index contributed by atoms with van der Waals surface area (Å²) in [5, 5.41) is 14.1. The fourth-order valence-electron chi connectivity index (χ4n) is 3.72. The van der Waals surface area contributed by atoms with Crippen LogP contribution in [0, 0.1) is 0 Å². The summed E-state index contributed by atoms with van der Waals surface area (Å²) < 4.78 is 65.0. The minimum atomic E-state index is -4.66. The number of carbonyl (C=O) groups is 2. The Morgan fingerprint density at radius 1 is 1.00 bits per heavy atom. The summed E-state index contributed by atoms with van der Waals surface area (Å²) in [6.45, 7) is -0.516. The minimum Gasteiger partial charge on any atom is -0.505 e. The van der Waals surface area contributed by atoms with E-state index in [9.17, 15) is 36.3 Å². The first-order chi connectivity index (χ1) is 19.2. The second-order valence-electron chi connectivity index (χ2n) is 8.55. The number of hydrogen-bond donors (Lipinski definition) is 3. The van der Waals surface area contributed by atoms with Gasteiger partial charge in [0.25, 0.3) is 11.8 Å². The zero-order chi connectivity index (χ0) is 30.1. The first-order valence-electron chi connectivity index (χ1n) is 11.4. The SMILES string of the molecule is CS(=O)(=O)c1ccccc1-c1nc(C(=O)NCc2ccccc2C(F)(F)F)c(NC(=O)c2cc(Cl)c(O)c(Cl)c2)s1. The molecule has 3 N–H and O–H groups in total. The molecular weight excluding hydrogens is 626 g/mol. The average Bonchev–Trinajstić information content (AvgIpc) is 3.33. The Kier molecular flexibility index (Phi) is 8.64. The van der Waals surface area contributed by atoms with Gasteiger partial charge in [-0.05, 0) is 29.8 Å². The molecule has 4 aromatic rings. The van der Waals surface area contributed by atoms with Crippen LogP contribution in [0.5, 0.6) is 5.75 Å². The molecule has 0 saturated carbocycles. The molecule has 0 spiro atoms. The molecule has 0 radical (unpaired) electrons. The molecule has 2 amide bonds. The Hall–Kier alpha value is -3.65. The van der Waals surface area contributed by atoms with E-state index < -0.39 is 45.7 Å². The monoisotopic (exact) mass is 643 g/mol. The van der Waals surface area contributed by atoms with Gasteiger partial charge in [0.2, 0.25) is 0 Å². The highest BCUT2D eigenvalue weighted by Crippen LogP contribution is 2.37. The predicted molar refractivity (Wildman–Crippen MR) is 149 cm³/mol. The van der Waals surface area contributed by atoms with Crippen LogP contribution in [0.1, 0.15) is 32.0 Å². The summed E-state index contributed by atoms with van der Waals surface area (Å²) in [6.07, 6.45) is -3.66. The summed E-state index contributed by atoms with van der Waals surface area (Å²) in [5.41, 5.74) is -1.45. The summed E-state index contributed by atoms with van der Waals surface area (Å²) in [5.74, 6) is -2.18. The highest BCUT2D eigenvalue weighted by atomic mass is 35.5. The van der Waals surface area contributed by atoms with E-state index in [4.69, 9.17) is 23.2 Å². The highest BCUT2D eigenvalue weighted by molar-refractivity contribution is 7.90. The van der Waals surface area contributed by atoms with Crippen LogP contribution in [-0.4, -0.2) is 36.6 Å². The van der Waals surface area contributed by atoms with Gasteiger partial charge in [0, 0.05) is 23.9 Å². The number of sulfone groups is 1. The maximum absolute atomic E-state index is 13.4. The number of carbonyl (C=O) groups excluding carboxylic acids is 2. The third-order valence-electron chi connectivity index (χ3n) is 5.63. The van der Waals surface area contributed by atoms with Crippen molar-refractivity contribution < 1.29 is 36.3 Å². The van der Waals surface area contributed by atoms with Crippen LogP contribution in [0.3, 0.4) is 0 Å². The van der Waals surface area contributed by atoms with E-state index in [1.54, 1.807) is 6.07 Å². The van der Waals surface area contributed by atoms with Crippen molar-refractivity contribution in [3.05, 3.63) is 93.1 Å². The van der Waals surface area contributed by atoms with E-state index in [1.165, 1.54) is 36.4 Å². The summed E-state index contributed by atoms with van der Waals surface area (Å²) in [4.78, 5) is 30.4. The second-order valence-corrected chi connectivity index (χ2v) is 12.3. The van der Waals surface area contributed by atoms with E-state index in [0.29, 0.717) is 0 Å². The molecule has 3 aromatic carbocycles. The lowest BCUT2D eigenvalue weighted by atomic mass is 10.1. The molecule has 0 bridgehead atoms. The molecule has 0 atom stereocenters. The van der Waals surface area contributed by atoms with Crippen LogP contribution in [-0.2, 0) is 22.6 Å². The molecule has 4 rings (SSSR count). The van der Waals surface area contributed by atoms with Gasteiger partial charge in [-0.3, -0.25) is 9.59 Å². The van der Waals surface area contributed by atoms with Crippen LogP contribution in [0.2, 0.25) is 10.0 Å². The molecule has 0 aliphatic heterocycles. The van der Waals surface area contributed by atoms with E-state index >= 15 is 0 Å². The van der Waals surface area contributed by atoms with Gasteiger partial charge in [0.05, 0.1) is 20.5 Å². The Balaban J connectivity index is 1.74. The van der Waals surface area contributed by atoms with Gasteiger partial charge in [-0.25, -0.2) is 13.4 Å². The van der Waals surface area contributed by atoms with Crippen LogP contribution in [0.15, 0.2) is 65.6 Å². The van der Waals surface area contributed by atoms with Crippen molar-refractivity contribution in [2.45, 2.75) is 17.6 Å². The number of aromatic hydroxyl groups is 1. The third kappa shape index (κ3) is 6.81. The molecule has 214 valence electrons. The van der Waals surface area contributed by atoms with Crippen LogP contribution < -0.4 is 10.6 Å². The maximum Gasteiger partial charge on any atom is 0.416 e. The Morgan fingerprint density at radius 3 is 2.24 bits per heavy atom. The van der Waals surface area contributed by atoms with Gasteiger partial charge in [0.1, 0.15) is 10.0 Å². The van der Waals surface area contributed by atoms with Gasteiger partial charge in [-0.15, -0.1) is 0 Å². The average molecular weight is 644 g/mol. The summed E-state index contributed by atoms with van der Waals surface area (Å²) >= 11 is 12.6. The first-order valence-corrected chi connectivity index (χ1v) is 14.9. The van der Waals surface area contributed by atoms with E-state index in [2.05, 4.69) is 15.6 Å². The number of nitrogens with zero attached hydrogens (tertiary/aromatic N) is 1. The van der Waals surface area contributed by atoms with Gasteiger partial charge in [0.15, 0.2) is 21.3 Å². The number of thiazole rings is 1. The van der Waals surface area contributed by atoms with Crippen molar-refractivity contribution in [1.82, 2.24) is 10.3 Å². The fraction of sp³-hybridized carbons (Fsp3) is 0.115. The summed E-state index contributed by atoms with van der Waals surface area (Å²) in [7, 11) is -3.73. The molecule has 1 aromatic heterocycles. The summed E-state index contributed by atoms with van der Waals surface area (Å²) in [6, 6.07) is 12.8. The normalized spacial score (nSPS) is 11.8. The Morgan fingerprint density at radius 2 is 1.61 bits per heavy atom. The molecule has 0 aliphatic carbocycles. The number of amides is 2. The van der Waals surface area contributed by atoms with Crippen molar-refractivity contribution in [3.8, 4) is 16.3 Å². The molecule has 0 saturated heterocycles. The van der Waals surface area contributed by atoms with Crippen molar-refractivity contribution >= 4 is 61.2 Å². The molecule has 15 heteroatoms. The van der Waals surface area contributed by atoms with Crippen molar-refractivity contribution in [2.24, 2.45) is 0 Å². The molecule has 8 nitrogen and oxygen atoms in total. The maximum atomic E-state index is 13.4. The molecule has 1 heterocycles. The van der Waals surface area contributed by atoms with E-state index in [-0.39, 0.29) is 47.3 Å². The lowest BCUT2D eigenvalue weighted by Crippen LogP contribution is -2.26. The van der Waals surface area contributed by atoms with Crippen LogP contribution >= 0.6 is 34.5 Å². The van der Waals surface area contributed by atoms with Crippen LogP contribution in [0.4, 0.5) is 18.2 Å². The second kappa shape index (κ2) is 11.7. The number of nitrogens with one attached hydrogen (secondary N) is 2. The number of hydrogen-bond acceptors (Lipinski definition) is 7. The van der Waals surface area contributed by atoms with Gasteiger partial charge >= 0.3 is 6.18 Å². The number of rotatable bonds is 7. The molecular formula is C26H18Cl2F3N3O5S2. The minimum absolute atomic E-state index is 0.0453. The first kappa shape index (κ1) is 30.3. The smallest absolute Gasteiger partial charge is 0.416 e. The lowest BCUT2D eigenvalue weighted by Gasteiger charge is -2.13. The molecule has 0 fully saturated rings. The number of phenols is 1. The van der Waals surface area contributed by atoms with Gasteiger partial charge < -0.3 is 15.7 Å². The number of alkyl halides is 3. The molecule has 0 aliphatic rings. The van der Waals surface area contributed by atoms with Crippen molar-refractivity contribution in [3.63, 3.8) is 0 Å². The Labute approximate surface area is 245 Å². The van der Waals surface area contributed by atoms with Gasteiger partial charge in [-0.1, -0.05) is 70.9 Å². The standard InChI is InChI=1S/C26H18Cl2F3N3O5S2/c1-41(38,39)19-9-5-3-7-15(19)24-33-20(23(37)32-12-13-6-2-4-8-16(13)26(29,30)31)25(40-24)34-22(36)14-10-17(27)21(35)18(28)11-14/h2-11,35H,12H2,1H3,(H,32,37)(H,34,36).